The van der Waals surface area contributed by atoms with Crippen LogP contribution in [0.2, 0.25) is 0 Å². The molecule has 0 radical (unpaired) electrons. The average molecular weight is 394 g/mol. The highest BCUT2D eigenvalue weighted by atomic mass is 16.5. The largest absolute Gasteiger partial charge is 0.493 e. The number of aromatic nitrogens is 4. The van der Waals surface area contributed by atoms with Crippen LogP contribution >= 0.6 is 0 Å². The predicted octanol–water partition coefficient (Wildman–Crippen LogP) is 3.33. The van der Waals surface area contributed by atoms with Gasteiger partial charge in [-0.15, -0.1) is 0 Å². The molecule has 152 valence electrons. The standard InChI is InChI=1S/C22H26N4O3/c1-15-10-18(25(2)24-15)14-26-13-17(12-23-22(26)27)16-8-9-20(28-3)21(11-16)29-19-6-4-5-7-19/h8-13,19H,4-7,14H2,1-3H3. The van der Waals surface area contributed by atoms with Crippen molar-refractivity contribution in [2.24, 2.45) is 7.05 Å². The summed E-state index contributed by atoms with van der Waals surface area (Å²) in [5.74, 6) is 1.45. The number of hydrogen-bond acceptors (Lipinski definition) is 5. The SMILES string of the molecule is COc1ccc(-c2cnc(=O)n(Cc3cc(C)nn3C)c2)cc1OC1CCCC1. The molecule has 1 aliphatic carbocycles. The molecular weight excluding hydrogens is 368 g/mol. The van der Waals surface area contributed by atoms with Crippen molar-refractivity contribution >= 4 is 0 Å². The topological polar surface area (TPSA) is 71.2 Å². The molecule has 0 saturated heterocycles. The van der Waals surface area contributed by atoms with Gasteiger partial charge in [-0.2, -0.15) is 5.10 Å². The van der Waals surface area contributed by atoms with Crippen molar-refractivity contribution in [3.63, 3.8) is 0 Å². The highest BCUT2D eigenvalue weighted by Gasteiger charge is 2.19. The van der Waals surface area contributed by atoms with Crippen LogP contribution in [0.5, 0.6) is 11.5 Å². The molecule has 0 unspecified atom stereocenters. The molecule has 0 atom stereocenters. The van der Waals surface area contributed by atoms with E-state index in [9.17, 15) is 4.79 Å². The zero-order valence-electron chi connectivity index (χ0n) is 17.1. The van der Waals surface area contributed by atoms with Crippen molar-refractivity contribution < 1.29 is 9.47 Å². The molecule has 29 heavy (non-hydrogen) atoms. The number of aryl methyl sites for hydroxylation is 2. The van der Waals surface area contributed by atoms with Crippen molar-refractivity contribution in [1.29, 1.82) is 0 Å². The number of rotatable bonds is 6. The third kappa shape index (κ3) is 4.18. The summed E-state index contributed by atoms with van der Waals surface area (Å²) in [5.41, 5.74) is 3.36. The van der Waals surface area contributed by atoms with Crippen LogP contribution in [0.4, 0.5) is 0 Å². The van der Waals surface area contributed by atoms with Gasteiger partial charge >= 0.3 is 5.69 Å². The zero-order chi connectivity index (χ0) is 20.4. The van der Waals surface area contributed by atoms with Crippen molar-refractivity contribution in [2.75, 3.05) is 7.11 Å². The summed E-state index contributed by atoms with van der Waals surface area (Å²) in [4.78, 5) is 16.4. The summed E-state index contributed by atoms with van der Waals surface area (Å²) in [6.45, 7) is 2.35. The Balaban J connectivity index is 1.65. The van der Waals surface area contributed by atoms with E-state index in [0.717, 1.165) is 41.1 Å². The fourth-order valence-corrected chi connectivity index (χ4v) is 3.84. The van der Waals surface area contributed by atoms with Gasteiger partial charge in [-0.3, -0.25) is 9.25 Å². The van der Waals surface area contributed by atoms with Crippen LogP contribution in [0.15, 0.2) is 41.5 Å². The molecule has 2 aromatic heterocycles. The summed E-state index contributed by atoms with van der Waals surface area (Å²) in [6.07, 6.45) is 8.23. The predicted molar refractivity (Wildman–Crippen MR) is 110 cm³/mol. The number of ether oxygens (including phenoxy) is 2. The van der Waals surface area contributed by atoms with E-state index in [1.807, 2.05) is 44.4 Å². The van der Waals surface area contributed by atoms with Gasteiger partial charge in [0.2, 0.25) is 0 Å². The maximum Gasteiger partial charge on any atom is 0.347 e. The molecule has 0 amide bonds. The molecule has 4 rings (SSSR count). The average Bonchev–Trinajstić information content (AvgIpc) is 3.32. The van der Waals surface area contributed by atoms with Crippen LogP contribution in [0.25, 0.3) is 11.1 Å². The Morgan fingerprint density at radius 2 is 1.93 bits per heavy atom. The van der Waals surface area contributed by atoms with Crippen LogP contribution < -0.4 is 15.2 Å². The monoisotopic (exact) mass is 394 g/mol. The van der Waals surface area contributed by atoms with Gasteiger partial charge in [0.25, 0.3) is 0 Å². The summed E-state index contributed by atoms with van der Waals surface area (Å²) in [7, 11) is 3.52. The van der Waals surface area contributed by atoms with Crippen LogP contribution in [-0.4, -0.2) is 32.5 Å². The van der Waals surface area contributed by atoms with Gasteiger partial charge < -0.3 is 9.47 Å². The van der Waals surface area contributed by atoms with Gasteiger partial charge in [-0.05, 0) is 56.4 Å². The second-order valence-electron chi connectivity index (χ2n) is 7.54. The fraction of sp³-hybridized carbons (Fsp3) is 0.409. The highest BCUT2D eigenvalue weighted by Crippen LogP contribution is 2.35. The lowest BCUT2D eigenvalue weighted by atomic mass is 10.1. The van der Waals surface area contributed by atoms with E-state index in [4.69, 9.17) is 9.47 Å². The molecule has 2 heterocycles. The van der Waals surface area contributed by atoms with Crippen molar-refractivity contribution in [1.82, 2.24) is 19.3 Å². The third-order valence-electron chi connectivity index (χ3n) is 5.38. The lowest BCUT2D eigenvalue weighted by Crippen LogP contribution is -2.23. The minimum Gasteiger partial charge on any atom is -0.493 e. The first-order valence-electron chi connectivity index (χ1n) is 9.94. The van der Waals surface area contributed by atoms with Crippen molar-refractivity contribution in [3.05, 3.63) is 58.5 Å². The van der Waals surface area contributed by atoms with Crippen molar-refractivity contribution in [3.8, 4) is 22.6 Å². The van der Waals surface area contributed by atoms with E-state index in [0.29, 0.717) is 12.3 Å². The van der Waals surface area contributed by atoms with Crippen LogP contribution in [0.1, 0.15) is 37.1 Å². The molecule has 1 aliphatic rings. The van der Waals surface area contributed by atoms with E-state index in [-0.39, 0.29) is 11.8 Å². The Labute approximate surface area is 169 Å². The summed E-state index contributed by atoms with van der Waals surface area (Å²) >= 11 is 0. The minimum atomic E-state index is -0.288. The molecule has 0 aliphatic heterocycles. The van der Waals surface area contributed by atoms with E-state index in [1.54, 1.807) is 22.6 Å². The number of hydrogen-bond donors (Lipinski definition) is 0. The van der Waals surface area contributed by atoms with Gasteiger partial charge in [0.15, 0.2) is 11.5 Å². The smallest absolute Gasteiger partial charge is 0.347 e. The van der Waals surface area contributed by atoms with E-state index in [1.165, 1.54) is 12.8 Å². The second kappa shape index (κ2) is 8.11. The quantitative estimate of drug-likeness (QED) is 0.641. The van der Waals surface area contributed by atoms with Crippen molar-refractivity contribution in [2.45, 2.75) is 45.3 Å². The Kier molecular flexibility index (Phi) is 5.38. The normalized spacial score (nSPS) is 14.3. The number of methoxy groups -OCH3 is 1. The molecule has 0 N–H and O–H groups in total. The molecule has 7 heteroatoms. The number of nitrogens with zero attached hydrogens (tertiary/aromatic N) is 4. The molecular formula is C22H26N4O3. The van der Waals surface area contributed by atoms with Gasteiger partial charge in [0, 0.05) is 25.0 Å². The molecule has 7 nitrogen and oxygen atoms in total. The Morgan fingerprint density at radius 1 is 1.14 bits per heavy atom. The fourth-order valence-electron chi connectivity index (χ4n) is 3.84. The Morgan fingerprint density at radius 3 is 2.62 bits per heavy atom. The molecule has 1 fully saturated rings. The zero-order valence-corrected chi connectivity index (χ0v) is 17.1. The van der Waals surface area contributed by atoms with E-state index >= 15 is 0 Å². The summed E-state index contributed by atoms with van der Waals surface area (Å²) < 4.78 is 15.1. The first-order valence-corrected chi connectivity index (χ1v) is 9.94. The van der Waals surface area contributed by atoms with Gasteiger partial charge in [-0.25, -0.2) is 9.78 Å². The molecule has 3 aromatic rings. The maximum atomic E-state index is 12.3. The third-order valence-corrected chi connectivity index (χ3v) is 5.38. The van der Waals surface area contributed by atoms with Gasteiger partial charge in [0.1, 0.15) is 0 Å². The minimum absolute atomic E-state index is 0.235. The highest BCUT2D eigenvalue weighted by molar-refractivity contribution is 5.65. The number of benzene rings is 1. The van der Waals surface area contributed by atoms with Crippen LogP contribution in [-0.2, 0) is 13.6 Å². The molecule has 0 spiro atoms. The lowest BCUT2D eigenvalue weighted by molar-refractivity contribution is 0.201. The Hall–Kier alpha value is -3.09. The van der Waals surface area contributed by atoms with E-state index in [2.05, 4.69) is 10.1 Å². The summed E-state index contributed by atoms with van der Waals surface area (Å²) in [5, 5.41) is 4.35. The second-order valence-corrected chi connectivity index (χ2v) is 7.54. The van der Waals surface area contributed by atoms with Crippen LogP contribution in [0, 0.1) is 6.92 Å². The molecule has 1 aromatic carbocycles. The van der Waals surface area contributed by atoms with Gasteiger partial charge in [-0.1, -0.05) is 6.07 Å². The van der Waals surface area contributed by atoms with E-state index < -0.39 is 0 Å². The molecule has 1 saturated carbocycles. The summed E-state index contributed by atoms with van der Waals surface area (Å²) in [6, 6.07) is 7.80. The first-order chi connectivity index (χ1) is 14.0. The Bertz CT molecular complexity index is 1060. The molecule has 0 bridgehead atoms. The first kappa shape index (κ1) is 19.2. The lowest BCUT2D eigenvalue weighted by Gasteiger charge is -2.17. The van der Waals surface area contributed by atoms with Gasteiger partial charge in [0.05, 0.1) is 31.1 Å². The van der Waals surface area contributed by atoms with Crippen LogP contribution in [0.3, 0.4) is 0 Å². The maximum absolute atomic E-state index is 12.3.